The zero-order chi connectivity index (χ0) is 17.2. The van der Waals surface area contributed by atoms with Gasteiger partial charge >= 0.3 is 6.09 Å². The number of carboxylic acid groups (broad SMARTS) is 1. The second-order valence-corrected chi connectivity index (χ2v) is 5.82. The fraction of sp³-hybridized carbons (Fsp3) is 0.167. The van der Waals surface area contributed by atoms with E-state index in [2.05, 4.69) is 15.0 Å². The lowest BCUT2D eigenvalue weighted by molar-refractivity contribution is 0.160. The first-order chi connectivity index (χ1) is 12.2. The quantitative estimate of drug-likeness (QED) is 0.760. The summed E-state index contributed by atoms with van der Waals surface area (Å²) in [6.45, 7) is 0.445. The van der Waals surface area contributed by atoms with Gasteiger partial charge in [0.2, 0.25) is 5.88 Å². The Kier molecular flexibility index (Phi) is 3.81. The number of nitrogens with zero attached hydrogens (tertiary/aromatic N) is 3. The van der Waals surface area contributed by atoms with E-state index in [0.717, 1.165) is 16.6 Å². The van der Waals surface area contributed by atoms with Crippen LogP contribution < -0.4 is 4.74 Å². The third kappa shape index (κ3) is 3.16. The molecular weight excluding hydrogens is 320 g/mol. The summed E-state index contributed by atoms with van der Waals surface area (Å²) in [5, 5.41) is 10.1. The molecule has 0 radical (unpaired) electrons. The molecule has 3 aromatic rings. The molecule has 0 fully saturated rings. The molecule has 1 aliphatic heterocycles. The van der Waals surface area contributed by atoms with Crippen molar-refractivity contribution in [2.45, 2.75) is 12.3 Å². The van der Waals surface area contributed by atoms with E-state index in [0.29, 0.717) is 24.6 Å². The summed E-state index contributed by atoms with van der Waals surface area (Å²) in [7, 11) is 0. The molecule has 0 saturated heterocycles. The summed E-state index contributed by atoms with van der Waals surface area (Å²) in [5.74, 6) is 1.22. The largest absolute Gasteiger partial charge is 0.465 e. The number of ether oxygens (including phenoxy) is 1. The molecule has 0 bridgehead atoms. The summed E-state index contributed by atoms with van der Waals surface area (Å²) in [6, 6.07) is 9.56. The summed E-state index contributed by atoms with van der Waals surface area (Å²) in [5.41, 5.74) is 1.86. The highest BCUT2D eigenvalue weighted by Crippen LogP contribution is 2.28. The van der Waals surface area contributed by atoms with Gasteiger partial charge in [0.1, 0.15) is 12.1 Å². The standard InChI is InChI=1S/C18H16N4O3/c23-18(24)22-7-4-12(5-8-22)16-10-17(21-11-20-16)25-14-1-2-15-13(9-14)3-6-19-15/h1-4,6-7,9-12,19H,5,8H2,(H,23,24). The van der Waals surface area contributed by atoms with Crippen LogP contribution in [0.25, 0.3) is 10.9 Å². The Hall–Kier alpha value is -3.35. The molecule has 7 heteroatoms. The van der Waals surface area contributed by atoms with Gasteiger partial charge in [-0.2, -0.15) is 0 Å². The van der Waals surface area contributed by atoms with Crippen LogP contribution in [-0.4, -0.2) is 37.6 Å². The van der Waals surface area contributed by atoms with Crippen LogP contribution in [0.3, 0.4) is 0 Å². The van der Waals surface area contributed by atoms with Crippen molar-refractivity contribution in [3.63, 3.8) is 0 Å². The third-order valence-corrected chi connectivity index (χ3v) is 4.22. The zero-order valence-corrected chi connectivity index (χ0v) is 13.3. The molecule has 0 saturated carbocycles. The molecule has 1 aromatic carbocycles. The predicted octanol–water partition coefficient (Wildman–Crippen LogP) is 3.73. The van der Waals surface area contributed by atoms with Gasteiger partial charge in [0.25, 0.3) is 0 Å². The third-order valence-electron chi connectivity index (χ3n) is 4.22. The average Bonchev–Trinajstić information content (AvgIpc) is 3.10. The molecule has 3 heterocycles. The maximum Gasteiger partial charge on any atom is 0.411 e. The Morgan fingerprint density at radius 2 is 2.20 bits per heavy atom. The minimum atomic E-state index is -0.943. The van der Waals surface area contributed by atoms with Crippen LogP contribution in [0.2, 0.25) is 0 Å². The molecule has 2 aromatic heterocycles. The lowest BCUT2D eigenvalue weighted by Gasteiger charge is -2.23. The monoisotopic (exact) mass is 336 g/mol. The number of rotatable bonds is 3. The Morgan fingerprint density at radius 1 is 1.28 bits per heavy atom. The Bertz CT molecular complexity index is 950. The number of benzene rings is 1. The maximum absolute atomic E-state index is 11.0. The van der Waals surface area contributed by atoms with Gasteiger partial charge < -0.3 is 14.8 Å². The number of nitrogens with one attached hydrogen (secondary N) is 1. The number of aromatic nitrogens is 3. The molecule has 7 nitrogen and oxygen atoms in total. The number of hydrogen-bond acceptors (Lipinski definition) is 4. The predicted molar refractivity (Wildman–Crippen MR) is 91.6 cm³/mol. The van der Waals surface area contributed by atoms with Gasteiger partial charge in [0.05, 0.1) is 5.69 Å². The second kappa shape index (κ2) is 6.27. The molecule has 2 N–H and O–H groups in total. The highest BCUT2D eigenvalue weighted by Gasteiger charge is 2.20. The van der Waals surface area contributed by atoms with Crippen LogP contribution >= 0.6 is 0 Å². The highest BCUT2D eigenvalue weighted by atomic mass is 16.5. The molecule has 0 spiro atoms. The molecule has 1 amide bonds. The van der Waals surface area contributed by atoms with E-state index in [1.807, 2.05) is 36.5 Å². The van der Waals surface area contributed by atoms with Crippen LogP contribution in [0, 0.1) is 0 Å². The van der Waals surface area contributed by atoms with Gasteiger partial charge in [0.15, 0.2) is 0 Å². The van der Waals surface area contributed by atoms with Gasteiger partial charge in [-0.3, -0.25) is 4.90 Å². The second-order valence-electron chi connectivity index (χ2n) is 5.82. The summed E-state index contributed by atoms with van der Waals surface area (Å²) in [6.07, 6.45) is 6.51. The first-order valence-electron chi connectivity index (χ1n) is 7.94. The van der Waals surface area contributed by atoms with E-state index in [9.17, 15) is 4.79 Å². The van der Waals surface area contributed by atoms with Crippen LogP contribution in [0.4, 0.5) is 4.79 Å². The van der Waals surface area contributed by atoms with Gasteiger partial charge in [-0.25, -0.2) is 14.8 Å². The van der Waals surface area contributed by atoms with E-state index in [-0.39, 0.29) is 5.92 Å². The lowest BCUT2D eigenvalue weighted by Crippen LogP contribution is -2.28. The zero-order valence-electron chi connectivity index (χ0n) is 13.3. The molecule has 25 heavy (non-hydrogen) atoms. The molecular formula is C18H16N4O3. The van der Waals surface area contributed by atoms with Crippen molar-refractivity contribution in [1.29, 1.82) is 0 Å². The smallest absolute Gasteiger partial charge is 0.411 e. The van der Waals surface area contributed by atoms with Crippen LogP contribution in [0.5, 0.6) is 11.6 Å². The van der Waals surface area contributed by atoms with Crippen molar-refractivity contribution in [3.8, 4) is 11.6 Å². The summed E-state index contributed by atoms with van der Waals surface area (Å²) < 4.78 is 5.85. The first kappa shape index (κ1) is 15.2. The average molecular weight is 336 g/mol. The molecule has 1 unspecified atom stereocenters. The maximum atomic E-state index is 11.0. The lowest BCUT2D eigenvalue weighted by atomic mass is 9.98. The fourth-order valence-electron chi connectivity index (χ4n) is 2.89. The van der Waals surface area contributed by atoms with Crippen molar-refractivity contribution < 1.29 is 14.6 Å². The highest BCUT2D eigenvalue weighted by molar-refractivity contribution is 5.80. The van der Waals surface area contributed by atoms with Crippen molar-refractivity contribution in [1.82, 2.24) is 19.9 Å². The van der Waals surface area contributed by atoms with E-state index < -0.39 is 6.09 Å². The van der Waals surface area contributed by atoms with Gasteiger partial charge in [-0.05, 0) is 30.7 Å². The SMILES string of the molecule is O=C(O)N1C=CC(c2cc(Oc3ccc4[nH]ccc4c3)ncn2)CC1. The topological polar surface area (TPSA) is 91.3 Å². The molecule has 0 aliphatic carbocycles. The van der Waals surface area contributed by atoms with Gasteiger partial charge in [0, 0.05) is 41.8 Å². The Morgan fingerprint density at radius 3 is 3.00 bits per heavy atom. The van der Waals surface area contributed by atoms with E-state index in [1.54, 1.807) is 12.3 Å². The van der Waals surface area contributed by atoms with Crippen molar-refractivity contribution in [2.75, 3.05) is 6.54 Å². The van der Waals surface area contributed by atoms with Crippen LogP contribution in [0.1, 0.15) is 18.0 Å². The van der Waals surface area contributed by atoms with Crippen molar-refractivity contribution >= 4 is 17.0 Å². The van der Waals surface area contributed by atoms with Crippen LogP contribution in [-0.2, 0) is 0 Å². The summed E-state index contributed by atoms with van der Waals surface area (Å²) >= 11 is 0. The van der Waals surface area contributed by atoms with Crippen molar-refractivity contribution in [2.24, 2.45) is 0 Å². The van der Waals surface area contributed by atoms with Gasteiger partial charge in [-0.15, -0.1) is 0 Å². The number of H-pyrrole nitrogens is 1. The van der Waals surface area contributed by atoms with E-state index >= 15 is 0 Å². The number of amides is 1. The molecule has 1 aliphatic rings. The normalized spacial score (nSPS) is 17.0. The minimum absolute atomic E-state index is 0.0492. The first-order valence-corrected chi connectivity index (χ1v) is 7.94. The fourth-order valence-corrected chi connectivity index (χ4v) is 2.89. The number of carbonyl (C=O) groups is 1. The van der Waals surface area contributed by atoms with E-state index in [1.165, 1.54) is 11.2 Å². The van der Waals surface area contributed by atoms with E-state index in [4.69, 9.17) is 9.84 Å². The Labute approximate surface area is 143 Å². The minimum Gasteiger partial charge on any atom is -0.465 e. The summed E-state index contributed by atoms with van der Waals surface area (Å²) in [4.78, 5) is 23.8. The molecule has 4 rings (SSSR count). The van der Waals surface area contributed by atoms with Crippen molar-refractivity contribution in [3.05, 3.63) is 60.8 Å². The number of hydrogen-bond donors (Lipinski definition) is 2. The van der Waals surface area contributed by atoms with Gasteiger partial charge in [-0.1, -0.05) is 6.08 Å². The number of fused-ring (bicyclic) bond motifs is 1. The van der Waals surface area contributed by atoms with Crippen LogP contribution in [0.15, 0.2) is 55.1 Å². The molecule has 1 atom stereocenters. The molecule has 126 valence electrons. The number of allylic oxidation sites excluding steroid dienone is 1. The number of aromatic amines is 1. The Balaban J connectivity index is 1.53.